The van der Waals surface area contributed by atoms with E-state index in [4.69, 9.17) is 37.9 Å². The summed E-state index contributed by atoms with van der Waals surface area (Å²) in [6.45, 7) is 0.293. The highest BCUT2D eigenvalue weighted by Crippen LogP contribution is 2.25. The normalized spacial score (nSPS) is 14.8. The fraction of sp³-hybridized carbons (Fsp3) is 0.875. The summed E-state index contributed by atoms with van der Waals surface area (Å²) in [4.78, 5) is 101. The molecule has 512 valence electrons. The molecular formula is C64H112O24. The van der Waals surface area contributed by atoms with Crippen LogP contribution in [0.15, 0.2) is 0 Å². The van der Waals surface area contributed by atoms with Crippen molar-refractivity contribution >= 4 is 47.8 Å². The lowest BCUT2D eigenvalue weighted by molar-refractivity contribution is -0.147. The second-order valence-electron chi connectivity index (χ2n) is 23.4. The van der Waals surface area contributed by atoms with Crippen LogP contribution in [0.5, 0.6) is 0 Å². The zero-order valence-electron chi connectivity index (χ0n) is 52.7. The van der Waals surface area contributed by atoms with Crippen molar-refractivity contribution in [1.82, 2.24) is 0 Å². The summed E-state index contributed by atoms with van der Waals surface area (Å²) >= 11 is 0. The summed E-state index contributed by atoms with van der Waals surface area (Å²) in [5, 5.41) is 75.2. The highest BCUT2D eigenvalue weighted by Gasteiger charge is 2.23. The third-order valence-corrected chi connectivity index (χ3v) is 16.7. The minimum Gasteiger partial charge on any atom is -0.466 e. The number of aliphatic hydroxyl groups excluding tert-OH is 8. The van der Waals surface area contributed by atoms with Gasteiger partial charge < -0.3 is 78.7 Å². The van der Waals surface area contributed by atoms with Crippen LogP contribution in [0.25, 0.3) is 0 Å². The predicted molar refractivity (Wildman–Crippen MR) is 320 cm³/mol. The number of rotatable bonds is 58. The summed E-state index contributed by atoms with van der Waals surface area (Å²) in [6.07, 6.45) is 11.5. The number of cyclic esters (lactones) is 1. The van der Waals surface area contributed by atoms with Gasteiger partial charge in [-0.05, 0) is 201 Å². The molecule has 0 aromatic heterocycles. The SMILES string of the molecule is O=C(CCC(CCO)CCO)OCCC(CCO)CCC(=O)OCCC(CCO)CCC(=O)OCCC(CCOC(=O)CCC(CCO)CCO)CCC(=O)OCCC(CCOC(=O)CCC(CCO)CCO)CCC(=O)OCCC1CCOC(=O)CC1. The van der Waals surface area contributed by atoms with Crippen LogP contribution in [-0.4, -0.2) is 194 Å². The van der Waals surface area contributed by atoms with Crippen molar-refractivity contribution in [3.8, 4) is 0 Å². The number of ether oxygens (including phenoxy) is 8. The summed E-state index contributed by atoms with van der Waals surface area (Å²) in [5.41, 5.74) is 0. The van der Waals surface area contributed by atoms with Gasteiger partial charge in [-0.2, -0.15) is 0 Å². The molecule has 5 unspecified atom stereocenters. The summed E-state index contributed by atoms with van der Waals surface area (Å²) in [5.74, 6) is -3.83. The van der Waals surface area contributed by atoms with Crippen molar-refractivity contribution in [3.05, 3.63) is 0 Å². The third-order valence-electron chi connectivity index (χ3n) is 16.7. The molecule has 24 nitrogen and oxygen atoms in total. The topological polar surface area (TPSA) is 372 Å². The van der Waals surface area contributed by atoms with Crippen molar-refractivity contribution in [1.29, 1.82) is 0 Å². The van der Waals surface area contributed by atoms with Crippen LogP contribution in [0.4, 0.5) is 0 Å². The zero-order chi connectivity index (χ0) is 64.8. The van der Waals surface area contributed by atoms with E-state index in [2.05, 4.69) is 0 Å². The molecule has 0 bridgehead atoms. The average Bonchev–Trinajstić information content (AvgIpc) is 3.76. The zero-order valence-corrected chi connectivity index (χ0v) is 52.7. The molecular weight excluding hydrogens is 1150 g/mol. The molecule has 5 atom stereocenters. The Balaban J connectivity index is 2.81. The number of esters is 8. The Labute approximate surface area is 521 Å². The van der Waals surface area contributed by atoms with E-state index in [0.29, 0.717) is 167 Å². The molecule has 0 amide bonds. The maximum absolute atomic E-state index is 13.2. The van der Waals surface area contributed by atoms with Gasteiger partial charge in [0.25, 0.3) is 0 Å². The Morgan fingerprint density at radius 3 is 0.739 bits per heavy atom. The lowest BCUT2D eigenvalue weighted by Gasteiger charge is -2.19. The van der Waals surface area contributed by atoms with Gasteiger partial charge in [-0.25, -0.2) is 0 Å². The smallest absolute Gasteiger partial charge is 0.305 e. The van der Waals surface area contributed by atoms with Gasteiger partial charge in [0.05, 0.1) is 52.9 Å². The van der Waals surface area contributed by atoms with E-state index >= 15 is 0 Å². The van der Waals surface area contributed by atoms with Crippen LogP contribution >= 0.6 is 0 Å². The predicted octanol–water partition coefficient (Wildman–Crippen LogP) is 5.70. The van der Waals surface area contributed by atoms with Crippen LogP contribution in [0, 0.1) is 47.3 Å². The Bertz CT molecular complexity index is 1820. The standard InChI is InChI=1S/C64H112O24/c65-33-17-49(18-34-66)1-9-57(73)81-41-25-52(23-39-71)4-12-60(76)82-42-26-53(24-40-72)5-13-61(77)85-45-29-54(27-43-83-58(74)10-2-50(19-35-67)20-36-68)6-14-62(78)86-46-30-55(28-44-84-59(75)11-3-51(21-37-69)22-38-70)7-15-63(79)87-47-31-56-8-16-64(80)88-48-32-56/h49-56,65-72H,1-48H2. The molecule has 0 spiro atoms. The van der Waals surface area contributed by atoms with Gasteiger partial charge in [-0.1, -0.05) is 0 Å². The Hall–Kier alpha value is -4.56. The van der Waals surface area contributed by atoms with Gasteiger partial charge in [0.15, 0.2) is 0 Å². The molecule has 0 radical (unpaired) electrons. The van der Waals surface area contributed by atoms with Gasteiger partial charge in [0, 0.05) is 104 Å². The van der Waals surface area contributed by atoms with Gasteiger partial charge in [0.1, 0.15) is 0 Å². The third kappa shape index (κ3) is 45.7. The molecule has 24 heteroatoms. The summed E-state index contributed by atoms with van der Waals surface area (Å²) in [7, 11) is 0. The lowest BCUT2D eigenvalue weighted by atomic mass is 9.95. The summed E-state index contributed by atoms with van der Waals surface area (Å²) in [6, 6.07) is 0. The maximum atomic E-state index is 13.2. The first-order valence-electron chi connectivity index (χ1n) is 32.7. The fourth-order valence-corrected chi connectivity index (χ4v) is 10.8. The number of hydrogen-bond donors (Lipinski definition) is 8. The molecule has 1 saturated heterocycles. The number of hydrogen-bond acceptors (Lipinski definition) is 24. The molecule has 0 aromatic rings. The van der Waals surface area contributed by atoms with Gasteiger partial charge >= 0.3 is 47.8 Å². The minimum absolute atomic E-state index is 0.00434. The van der Waals surface area contributed by atoms with E-state index in [1.165, 1.54) is 0 Å². The van der Waals surface area contributed by atoms with E-state index in [9.17, 15) is 79.2 Å². The van der Waals surface area contributed by atoms with E-state index in [0.717, 1.165) is 0 Å². The van der Waals surface area contributed by atoms with Crippen LogP contribution in [-0.2, 0) is 76.3 Å². The molecule has 0 aliphatic carbocycles. The highest BCUT2D eigenvalue weighted by atomic mass is 16.6. The molecule has 1 aliphatic rings. The lowest BCUT2D eigenvalue weighted by Crippen LogP contribution is -2.18. The first-order chi connectivity index (χ1) is 42.6. The first-order valence-corrected chi connectivity index (χ1v) is 32.7. The first kappa shape index (κ1) is 81.5. The van der Waals surface area contributed by atoms with Crippen molar-refractivity contribution in [2.24, 2.45) is 47.3 Å². The second kappa shape index (κ2) is 55.3. The second-order valence-corrected chi connectivity index (χ2v) is 23.4. The monoisotopic (exact) mass is 1260 g/mol. The quantitative estimate of drug-likeness (QED) is 0.0267. The maximum Gasteiger partial charge on any atom is 0.305 e. The van der Waals surface area contributed by atoms with E-state index in [1.807, 2.05) is 0 Å². The molecule has 8 N–H and O–H groups in total. The molecule has 88 heavy (non-hydrogen) atoms. The van der Waals surface area contributed by atoms with E-state index < -0.39 is 35.8 Å². The Kier molecular flexibility index (Phi) is 51.2. The van der Waals surface area contributed by atoms with Crippen LogP contribution in [0.1, 0.15) is 205 Å². The average molecular weight is 1270 g/mol. The van der Waals surface area contributed by atoms with Gasteiger partial charge in [-0.15, -0.1) is 0 Å². The highest BCUT2D eigenvalue weighted by molar-refractivity contribution is 5.72. The Morgan fingerprint density at radius 1 is 0.307 bits per heavy atom. The largest absolute Gasteiger partial charge is 0.466 e. The molecule has 1 fully saturated rings. The number of aliphatic hydroxyl groups is 8. The minimum atomic E-state index is -0.493. The van der Waals surface area contributed by atoms with Crippen molar-refractivity contribution < 1.29 is 117 Å². The molecule has 0 saturated carbocycles. The fourth-order valence-electron chi connectivity index (χ4n) is 10.8. The number of carbonyl (C=O) groups is 8. The van der Waals surface area contributed by atoms with E-state index in [1.54, 1.807) is 0 Å². The van der Waals surface area contributed by atoms with Crippen molar-refractivity contribution in [2.45, 2.75) is 205 Å². The molecule has 1 rings (SSSR count). The van der Waals surface area contributed by atoms with Gasteiger partial charge in [0.2, 0.25) is 0 Å². The molecule has 0 aromatic carbocycles. The summed E-state index contributed by atoms with van der Waals surface area (Å²) < 4.78 is 43.8. The van der Waals surface area contributed by atoms with Crippen LogP contribution in [0.3, 0.4) is 0 Å². The van der Waals surface area contributed by atoms with Crippen molar-refractivity contribution in [2.75, 3.05) is 106 Å². The molecule has 1 aliphatic heterocycles. The molecule has 1 heterocycles. The van der Waals surface area contributed by atoms with Gasteiger partial charge in [-0.3, -0.25) is 38.4 Å². The van der Waals surface area contributed by atoms with Crippen LogP contribution < -0.4 is 0 Å². The van der Waals surface area contributed by atoms with Crippen LogP contribution in [0.2, 0.25) is 0 Å². The van der Waals surface area contributed by atoms with E-state index in [-0.39, 0.29) is 203 Å². The number of carbonyl (C=O) groups excluding carboxylic acids is 8. The van der Waals surface area contributed by atoms with Crippen molar-refractivity contribution in [3.63, 3.8) is 0 Å². The Morgan fingerprint density at radius 2 is 0.511 bits per heavy atom.